The van der Waals surface area contributed by atoms with Gasteiger partial charge in [0.2, 0.25) is 5.91 Å². The molecule has 0 saturated carbocycles. The molecule has 6 heterocycles. The summed E-state index contributed by atoms with van der Waals surface area (Å²) < 4.78 is 48.9. The fraction of sp³-hybridized carbons (Fsp3) is 0.459. The molecule has 0 spiro atoms. The first kappa shape index (κ1) is 34.9. The number of nitrogens with zero attached hydrogens (tertiary/aromatic N) is 6. The number of rotatable bonds is 8. The molecule has 2 N–H and O–H groups in total. The standard InChI is InChI=1S/C37H42F3N7O4/c1-3-24-20-47(33(49)15-23-4-5-25(30(14-23)37(38,39)40)19-45-12-10-44(2)11-13-45)21-26-16-28(18-42-34(24)26)51-32-6-8-41-35-29(32)17-31(43-35)36(50)46-9-7-27(48)22-46/h4-6,8,14,16-18,24,27,48H,3,7,9-13,15,19-22H2,1-2H3,(H,41,43)/t24-,27-/m0/s1. The Labute approximate surface area is 294 Å². The number of nitrogens with one attached hydrogen (secondary N) is 1. The van der Waals surface area contributed by atoms with Gasteiger partial charge in [0.1, 0.15) is 22.8 Å². The minimum atomic E-state index is -4.53. The number of H-pyrrole nitrogens is 1. The van der Waals surface area contributed by atoms with Crippen molar-refractivity contribution in [2.45, 2.75) is 57.5 Å². The highest BCUT2D eigenvalue weighted by atomic mass is 19.4. The number of amides is 2. The van der Waals surface area contributed by atoms with Crippen LogP contribution in [0.4, 0.5) is 13.2 Å². The quantitative estimate of drug-likeness (QED) is 0.269. The fourth-order valence-corrected chi connectivity index (χ4v) is 7.28. The Balaban J connectivity index is 1.07. The molecular formula is C37H42F3N7O4. The first-order valence-electron chi connectivity index (χ1n) is 17.4. The van der Waals surface area contributed by atoms with Crippen molar-refractivity contribution in [2.24, 2.45) is 0 Å². The van der Waals surface area contributed by atoms with Crippen molar-refractivity contribution in [2.75, 3.05) is 52.9 Å². The lowest BCUT2D eigenvalue weighted by atomic mass is 9.92. The van der Waals surface area contributed by atoms with Crippen LogP contribution in [0.5, 0.6) is 11.5 Å². The number of alkyl halides is 3. The Morgan fingerprint density at radius 1 is 1.02 bits per heavy atom. The van der Waals surface area contributed by atoms with E-state index in [9.17, 15) is 27.9 Å². The molecule has 3 aromatic heterocycles. The molecule has 270 valence electrons. The second kappa shape index (κ2) is 14.2. The third-order valence-corrected chi connectivity index (χ3v) is 10.2. The van der Waals surface area contributed by atoms with Crippen LogP contribution >= 0.6 is 0 Å². The summed E-state index contributed by atoms with van der Waals surface area (Å²) in [5.74, 6) is 0.381. The molecule has 2 atom stereocenters. The van der Waals surface area contributed by atoms with Gasteiger partial charge in [0, 0.05) is 71.0 Å². The molecule has 2 fully saturated rings. The van der Waals surface area contributed by atoms with Crippen molar-refractivity contribution in [3.05, 3.63) is 82.4 Å². The maximum atomic E-state index is 14.2. The summed E-state index contributed by atoms with van der Waals surface area (Å²) in [4.78, 5) is 46.3. The summed E-state index contributed by atoms with van der Waals surface area (Å²) in [6.07, 6.45) is -0.736. The van der Waals surface area contributed by atoms with Crippen LogP contribution in [0.2, 0.25) is 0 Å². The maximum absolute atomic E-state index is 14.2. The average Bonchev–Trinajstić information content (AvgIpc) is 3.75. The number of piperazine rings is 1. The predicted octanol–water partition coefficient (Wildman–Crippen LogP) is 4.80. The van der Waals surface area contributed by atoms with Crippen LogP contribution in [0.25, 0.3) is 11.0 Å². The molecule has 2 amide bonds. The lowest BCUT2D eigenvalue weighted by molar-refractivity contribution is -0.139. The highest BCUT2D eigenvalue weighted by molar-refractivity contribution is 5.98. The topological polar surface area (TPSA) is 118 Å². The van der Waals surface area contributed by atoms with Gasteiger partial charge in [-0.25, -0.2) is 4.98 Å². The number of likely N-dealkylation sites (tertiary alicyclic amines) is 1. The zero-order valence-corrected chi connectivity index (χ0v) is 28.7. The SMILES string of the molecule is CC[C@H]1CN(C(=O)Cc2ccc(CN3CCN(C)CC3)c(C(F)(F)F)c2)Cc2cc(Oc3ccnc4[nH]c(C(=O)N5CC[C@H](O)C5)cc34)cnc21. The molecule has 0 radical (unpaired) electrons. The number of aliphatic hydroxyl groups is 1. The molecule has 0 bridgehead atoms. The number of carbonyl (C=O) groups excluding carboxylic acids is 2. The van der Waals surface area contributed by atoms with Crippen LogP contribution in [0, 0.1) is 0 Å². The van der Waals surface area contributed by atoms with Crippen molar-refractivity contribution in [1.82, 2.24) is 34.6 Å². The van der Waals surface area contributed by atoms with E-state index < -0.39 is 17.8 Å². The molecule has 3 aliphatic rings. The number of halogens is 3. The van der Waals surface area contributed by atoms with Gasteiger partial charge < -0.3 is 29.5 Å². The van der Waals surface area contributed by atoms with Crippen LogP contribution < -0.4 is 4.74 Å². The van der Waals surface area contributed by atoms with E-state index in [1.807, 2.05) is 24.9 Å². The molecule has 2 saturated heterocycles. The number of likely N-dealkylation sites (N-methyl/N-ethyl adjacent to an activating group) is 1. The molecule has 0 unspecified atom stereocenters. The Hall–Kier alpha value is -4.53. The van der Waals surface area contributed by atoms with Gasteiger partial charge in [-0.1, -0.05) is 19.1 Å². The molecular weight excluding hydrogens is 663 g/mol. The van der Waals surface area contributed by atoms with Gasteiger partial charge in [0.25, 0.3) is 5.91 Å². The summed E-state index contributed by atoms with van der Waals surface area (Å²) in [5, 5.41) is 10.5. The summed E-state index contributed by atoms with van der Waals surface area (Å²) >= 11 is 0. The van der Waals surface area contributed by atoms with Crippen LogP contribution in [0.15, 0.2) is 48.8 Å². The highest BCUT2D eigenvalue weighted by Crippen LogP contribution is 2.36. The number of aromatic amines is 1. The minimum absolute atomic E-state index is 0.0431. The molecule has 4 aromatic rings. The van der Waals surface area contributed by atoms with E-state index in [1.165, 1.54) is 6.07 Å². The number of carbonyl (C=O) groups is 2. The van der Waals surface area contributed by atoms with Crippen LogP contribution in [-0.4, -0.2) is 110 Å². The lowest BCUT2D eigenvalue weighted by Crippen LogP contribution is -2.44. The Morgan fingerprint density at radius 2 is 1.82 bits per heavy atom. The van der Waals surface area contributed by atoms with E-state index in [-0.39, 0.29) is 49.4 Å². The Kier molecular flexibility index (Phi) is 9.74. The highest BCUT2D eigenvalue weighted by Gasteiger charge is 2.35. The number of pyridine rings is 2. The van der Waals surface area contributed by atoms with Gasteiger partial charge in [-0.2, -0.15) is 13.2 Å². The molecule has 1 aromatic carbocycles. The van der Waals surface area contributed by atoms with Crippen LogP contribution in [-0.2, 0) is 30.5 Å². The van der Waals surface area contributed by atoms with Gasteiger partial charge in [0.05, 0.1) is 35.4 Å². The molecule has 11 nitrogen and oxygen atoms in total. The second-order valence-corrected chi connectivity index (χ2v) is 13.9. The molecule has 14 heteroatoms. The lowest BCUT2D eigenvalue weighted by Gasteiger charge is -2.34. The molecule has 0 aliphatic carbocycles. The summed E-state index contributed by atoms with van der Waals surface area (Å²) in [7, 11) is 2.00. The van der Waals surface area contributed by atoms with Crippen molar-refractivity contribution in [3.63, 3.8) is 0 Å². The van der Waals surface area contributed by atoms with E-state index in [0.29, 0.717) is 66.4 Å². The maximum Gasteiger partial charge on any atom is 0.416 e. The number of hydrogen-bond acceptors (Lipinski definition) is 8. The third kappa shape index (κ3) is 7.58. The number of aliphatic hydroxyl groups excluding tert-OH is 1. The van der Waals surface area contributed by atoms with Crippen molar-refractivity contribution >= 4 is 22.8 Å². The van der Waals surface area contributed by atoms with E-state index in [2.05, 4.69) is 14.9 Å². The van der Waals surface area contributed by atoms with Crippen molar-refractivity contribution < 1.29 is 32.6 Å². The average molecular weight is 706 g/mol. The van der Waals surface area contributed by atoms with E-state index >= 15 is 0 Å². The number of aromatic nitrogens is 3. The number of ether oxygens (including phenoxy) is 1. The Morgan fingerprint density at radius 3 is 2.55 bits per heavy atom. The van der Waals surface area contributed by atoms with Gasteiger partial charge in [-0.05, 0) is 60.8 Å². The Bertz CT molecular complexity index is 1920. The number of fused-ring (bicyclic) bond motifs is 2. The van der Waals surface area contributed by atoms with Crippen molar-refractivity contribution in [1.29, 1.82) is 0 Å². The summed E-state index contributed by atoms with van der Waals surface area (Å²) in [6, 6.07) is 9.53. The molecule has 7 rings (SSSR count). The minimum Gasteiger partial charge on any atom is -0.455 e. The number of hydrogen-bond donors (Lipinski definition) is 2. The number of benzene rings is 1. The van der Waals surface area contributed by atoms with Gasteiger partial charge in [0.15, 0.2) is 0 Å². The molecule has 3 aliphatic heterocycles. The first-order valence-corrected chi connectivity index (χ1v) is 17.4. The van der Waals surface area contributed by atoms with E-state index in [0.717, 1.165) is 36.8 Å². The van der Waals surface area contributed by atoms with Gasteiger partial charge >= 0.3 is 6.18 Å². The zero-order valence-electron chi connectivity index (χ0n) is 28.7. The van der Waals surface area contributed by atoms with E-state index in [1.54, 1.807) is 40.4 Å². The van der Waals surface area contributed by atoms with E-state index in [4.69, 9.17) is 9.72 Å². The normalized spacial score (nSPS) is 20.2. The second-order valence-electron chi connectivity index (χ2n) is 13.9. The van der Waals surface area contributed by atoms with Gasteiger partial charge in [-0.3, -0.25) is 19.5 Å². The third-order valence-electron chi connectivity index (χ3n) is 10.2. The summed E-state index contributed by atoms with van der Waals surface area (Å²) in [6.45, 7) is 6.69. The largest absolute Gasteiger partial charge is 0.455 e. The first-order chi connectivity index (χ1) is 24.4. The van der Waals surface area contributed by atoms with Crippen LogP contribution in [0.1, 0.15) is 64.1 Å². The number of β-amino-alcohol motifs (C(OH)–C–C–N with tert-alkyl or cyclic N) is 1. The van der Waals surface area contributed by atoms with Crippen LogP contribution in [0.3, 0.4) is 0 Å². The van der Waals surface area contributed by atoms with Gasteiger partial charge in [-0.15, -0.1) is 0 Å². The fourth-order valence-electron chi connectivity index (χ4n) is 7.28. The molecule has 51 heavy (non-hydrogen) atoms. The zero-order chi connectivity index (χ0) is 35.9. The smallest absolute Gasteiger partial charge is 0.416 e. The van der Waals surface area contributed by atoms with Crippen molar-refractivity contribution in [3.8, 4) is 11.5 Å². The monoisotopic (exact) mass is 705 g/mol. The predicted molar refractivity (Wildman–Crippen MR) is 183 cm³/mol. The summed E-state index contributed by atoms with van der Waals surface area (Å²) in [5.41, 5.74) is 2.36.